The van der Waals surface area contributed by atoms with E-state index in [2.05, 4.69) is 11.1 Å². The Balaban J connectivity index is 1.30. The summed E-state index contributed by atoms with van der Waals surface area (Å²) in [5, 5.41) is 1.75. The fourth-order valence-electron chi connectivity index (χ4n) is 4.74. The van der Waals surface area contributed by atoms with Crippen LogP contribution in [0.25, 0.3) is 10.9 Å². The van der Waals surface area contributed by atoms with Crippen LogP contribution in [-0.2, 0) is 22.6 Å². The zero-order chi connectivity index (χ0) is 27.2. The normalized spacial score (nSPS) is 12.8. The number of carbonyl (C=O) groups excluding carboxylic acids is 2. The second kappa shape index (κ2) is 12.3. The summed E-state index contributed by atoms with van der Waals surface area (Å²) in [4.78, 5) is 33.7. The van der Waals surface area contributed by atoms with Crippen molar-refractivity contribution in [3.05, 3.63) is 95.1 Å². The van der Waals surface area contributed by atoms with E-state index in [0.717, 1.165) is 40.6 Å². The number of nitrogens with one attached hydrogen (secondary N) is 1. The number of rotatable bonds is 12. The third-order valence-electron chi connectivity index (χ3n) is 7.02. The van der Waals surface area contributed by atoms with Gasteiger partial charge in [0.2, 0.25) is 5.91 Å². The standard InChI is InChI=1S/C31H32ClN3O4/c1-38-29-9-5-2-6-23(29)19-34(17-16-22-18-33-28-8-4-3-7-27(22)28)30(36)20-35(25-12-13-25)31(37)21-39-26-14-10-24(32)11-15-26/h2-11,14-15,18,25,33H,12-13,16-17,19-21H2,1H3. The number of para-hydroxylation sites is 2. The van der Waals surface area contributed by atoms with Gasteiger partial charge in [0.25, 0.3) is 5.91 Å². The fourth-order valence-corrected chi connectivity index (χ4v) is 4.86. The topological polar surface area (TPSA) is 74.9 Å². The van der Waals surface area contributed by atoms with E-state index in [1.165, 1.54) is 0 Å². The highest BCUT2D eigenvalue weighted by Crippen LogP contribution is 2.28. The number of nitrogens with zero attached hydrogens (tertiary/aromatic N) is 2. The van der Waals surface area contributed by atoms with Crippen LogP contribution >= 0.6 is 11.6 Å². The minimum Gasteiger partial charge on any atom is -0.496 e. The van der Waals surface area contributed by atoms with Crippen LogP contribution in [0.3, 0.4) is 0 Å². The molecule has 3 aromatic carbocycles. The molecular weight excluding hydrogens is 514 g/mol. The van der Waals surface area contributed by atoms with Gasteiger partial charge in [-0.3, -0.25) is 9.59 Å². The first-order valence-corrected chi connectivity index (χ1v) is 13.5. The second-order valence-corrected chi connectivity index (χ2v) is 10.2. The molecule has 7 nitrogen and oxygen atoms in total. The summed E-state index contributed by atoms with van der Waals surface area (Å²) >= 11 is 5.94. The second-order valence-electron chi connectivity index (χ2n) is 9.73. The number of aromatic amines is 1. The SMILES string of the molecule is COc1ccccc1CN(CCc1c[nH]c2ccccc12)C(=O)CN(C(=O)COc1ccc(Cl)cc1)C1CC1. The van der Waals surface area contributed by atoms with Crippen LogP contribution in [0.4, 0.5) is 0 Å². The molecule has 1 heterocycles. The molecule has 0 atom stereocenters. The molecule has 0 bridgehead atoms. The van der Waals surface area contributed by atoms with E-state index in [1.54, 1.807) is 36.3 Å². The van der Waals surface area contributed by atoms with E-state index >= 15 is 0 Å². The molecule has 4 aromatic rings. The van der Waals surface area contributed by atoms with E-state index in [4.69, 9.17) is 21.1 Å². The Bertz CT molecular complexity index is 1430. The number of aromatic nitrogens is 1. The smallest absolute Gasteiger partial charge is 0.261 e. The van der Waals surface area contributed by atoms with Crippen molar-refractivity contribution in [2.75, 3.05) is 26.8 Å². The van der Waals surface area contributed by atoms with E-state index < -0.39 is 0 Å². The van der Waals surface area contributed by atoms with Crippen LogP contribution in [0, 0.1) is 0 Å². The molecule has 1 aliphatic rings. The molecule has 0 aliphatic heterocycles. The number of fused-ring (bicyclic) bond motifs is 1. The van der Waals surface area contributed by atoms with Crippen LogP contribution in [0.15, 0.2) is 79.0 Å². The Morgan fingerprint density at radius 3 is 2.46 bits per heavy atom. The highest BCUT2D eigenvalue weighted by atomic mass is 35.5. The molecule has 1 N–H and O–H groups in total. The third-order valence-corrected chi connectivity index (χ3v) is 7.27. The molecule has 8 heteroatoms. The Morgan fingerprint density at radius 2 is 1.69 bits per heavy atom. The molecule has 1 aliphatic carbocycles. The van der Waals surface area contributed by atoms with Gasteiger partial charge in [0, 0.05) is 46.8 Å². The number of ether oxygens (including phenoxy) is 2. The number of methoxy groups -OCH3 is 1. The molecule has 0 saturated heterocycles. The van der Waals surface area contributed by atoms with Crippen molar-refractivity contribution >= 4 is 34.3 Å². The minimum atomic E-state index is -0.199. The molecule has 2 amide bonds. The summed E-state index contributed by atoms with van der Waals surface area (Å²) in [7, 11) is 1.63. The number of halogens is 1. The number of hydrogen-bond acceptors (Lipinski definition) is 4. The lowest BCUT2D eigenvalue weighted by atomic mass is 10.1. The first kappa shape index (κ1) is 26.6. The van der Waals surface area contributed by atoms with Crippen LogP contribution in [0.5, 0.6) is 11.5 Å². The van der Waals surface area contributed by atoms with Gasteiger partial charge in [-0.25, -0.2) is 0 Å². The summed E-state index contributed by atoms with van der Waals surface area (Å²) in [6.07, 6.45) is 4.47. The highest BCUT2D eigenvalue weighted by molar-refractivity contribution is 6.30. The number of H-pyrrole nitrogens is 1. The third kappa shape index (κ3) is 6.73. The molecule has 0 unspecified atom stereocenters. The summed E-state index contributed by atoms with van der Waals surface area (Å²) in [5.41, 5.74) is 3.14. The van der Waals surface area contributed by atoms with Crippen molar-refractivity contribution in [1.29, 1.82) is 0 Å². The summed E-state index contributed by atoms with van der Waals surface area (Å²) in [6.45, 7) is 0.773. The minimum absolute atomic E-state index is 0.0104. The molecule has 5 rings (SSSR count). The largest absolute Gasteiger partial charge is 0.496 e. The van der Waals surface area contributed by atoms with Crippen LogP contribution in [0.2, 0.25) is 5.02 Å². The average molecular weight is 546 g/mol. The van der Waals surface area contributed by atoms with Gasteiger partial charge in [0.05, 0.1) is 7.11 Å². The van der Waals surface area contributed by atoms with Crippen molar-refractivity contribution in [1.82, 2.24) is 14.8 Å². The van der Waals surface area contributed by atoms with Crippen molar-refractivity contribution in [3.63, 3.8) is 0 Å². The molecule has 202 valence electrons. The van der Waals surface area contributed by atoms with E-state index in [0.29, 0.717) is 30.3 Å². The maximum Gasteiger partial charge on any atom is 0.261 e. The lowest BCUT2D eigenvalue weighted by Gasteiger charge is -2.28. The van der Waals surface area contributed by atoms with E-state index in [-0.39, 0.29) is 31.0 Å². The molecule has 39 heavy (non-hydrogen) atoms. The quantitative estimate of drug-likeness (QED) is 0.256. The van der Waals surface area contributed by atoms with Crippen molar-refractivity contribution in [2.24, 2.45) is 0 Å². The highest BCUT2D eigenvalue weighted by Gasteiger charge is 2.35. The first-order chi connectivity index (χ1) is 19.0. The number of amides is 2. The van der Waals surface area contributed by atoms with Gasteiger partial charge < -0.3 is 24.3 Å². The number of hydrogen-bond donors (Lipinski definition) is 1. The Morgan fingerprint density at radius 1 is 0.949 bits per heavy atom. The van der Waals surface area contributed by atoms with Gasteiger partial charge in [0.1, 0.15) is 18.0 Å². The molecule has 1 aromatic heterocycles. The zero-order valence-electron chi connectivity index (χ0n) is 21.9. The zero-order valence-corrected chi connectivity index (χ0v) is 22.7. The lowest BCUT2D eigenvalue weighted by molar-refractivity contribution is -0.142. The Labute approximate surface area is 233 Å². The van der Waals surface area contributed by atoms with Gasteiger partial charge >= 0.3 is 0 Å². The van der Waals surface area contributed by atoms with Crippen LogP contribution in [-0.4, -0.2) is 59.4 Å². The first-order valence-electron chi connectivity index (χ1n) is 13.1. The van der Waals surface area contributed by atoms with Crippen molar-refractivity contribution in [2.45, 2.75) is 31.8 Å². The molecule has 0 spiro atoms. The van der Waals surface area contributed by atoms with Gasteiger partial charge in [-0.1, -0.05) is 48.0 Å². The summed E-state index contributed by atoms with van der Waals surface area (Å²) < 4.78 is 11.2. The Hall–Kier alpha value is -3.97. The fraction of sp³-hybridized carbons (Fsp3) is 0.290. The van der Waals surface area contributed by atoms with Gasteiger partial charge in [0.15, 0.2) is 6.61 Å². The van der Waals surface area contributed by atoms with Gasteiger partial charge in [-0.05, 0) is 61.2 Å². The number of benzene rings is 3. The maximum atomic E-state index is 13.8. The predicted molar refractivity (Wildman–Crippen MR) is 152 cm³/mol. The monoisotopic (exact) mass is 545 g/mol. The summed E-state index contributed by atoms with van der Waals surface area (Å²) in [6, 6.07) is 22.8. The lowest BCUT2D eigenvalue weighted by Crippen LogP contribution is -2.45. The molecule has 1 saturated carbocycles. The van der Waals surface area contributed by atoms with Gasteiger partial charge in [-0.15, -0.1) is 0 Å². The van der Waals surface area contributed by atoms with Crippen molar-refractivity contribution in [3.8, 4) is 11.5 Å². The van der Waals surface area contributed by atoms with Crippen LogP contribution in [0.1, 0.15) is 24.0 Å². The van der Waals surface area contributed by atoms with Crippen molar-refractivity contribution < 1.29 is 19.1 Å². The van der Waals surface area contributed by atoms with Gasteiger partial charge in [-0.2, -0.15) is 0 Å². The maximum absolute atomic E-state index is 13.8. The van der Waals surface area contributed by atoms with E-state index in [1.807, 2.05) is 53.6 Å². The molecular formula is C31H32ClN3O4. The average Bonchev–Trinajstić information content (AvgIpc) is 3.72. The molecule has 0 radical (unpaired) electrons. The summed E-state index contributed by atoms with van der Waals surface area (Å²) in [5.74, 6) is 0.988. The molecule has 1 fully saturated rings. The van der Waals surface area contributed by atoms with Crippen LogP contribution < -0.4 is 9.47 Å². The Kier molecular flexibility index (Phi) is 8.37. The van der Waals surface area contributed by atoms with E-state index in [9.17, 15) is 9.59 Å². The predicted octanol–water partition coefficient (Wildman–Crippen LogP) is 5.47. The number of carbonyl (C=O) groups is 2.